The van der Waals surface area contributed by atoms with Gasteiger partial charge in [0.15, 0.2) is 17.3 Å². The summed E-state index contributed by atoms with van der Waals surface area (Å²) in [4.78, 5) is 26.1. The van der Waals surface area contributed by atoms with E-state index >= 15 is 0 Å². The predicted octanol–water partition coefficient (Wildman–Crippen LogP) is 2.86. The molecule has 1 amide bonds. The fourth-order valence-corrected chi connectivity index (χ4v) is 5.59. The molecular weight excluding hydrogens is 512 g/mol. The zero-order chi connectivity index (χ0) is 24.6. The van der Waals surface area contributed by atoms with Crippen LogP contribution in [0.5, 0.6) is 17.2 Å². The lowest BCUT2D eigenvalue weighted by Crippen LogP contribution is -2.35. The van der Waals surface area contributed by atoms with Crippen molar-refractivity contribution in [2.45, 2.75) is 17.7 Å². The maximum atomic E-state index is 13.5. The van der Waals surface area contributed by atoms with Gasteiger partial charge in [0.05, 0.1) is 30.4 Å². The summed E-state index contributed by atoms with van der Waals surface area (Å²) in [5.74, 6) is -3.51. The Kier molecular flexibility index (Phi) is 6.43. The summed E-state index contributed by atoms with van der Waals surface area (Å²) < 4.78 is 54.1. The van der Waals surface area contributed by atoms with E-state index < -0.39 is 27.8 Å². The summed E-state index contributed by atoms with van der Waals surface area (Å²) >= 11 is 7.49. The fraction of sp³-hybridized carbons (Fsp3) is 0.250. The van der Waals surface area contributed by atoms with Gasteiger partial charge in [-0.3, -0.25) is 4.79 Å². The van der Waals surface area contributed by atoms with Gasteiger partial charge in [-0.05, 0) is 24.4 Å². The molecule has 0 radical (unpaired) electrons. The van der Waals surface area contributed by atoms with Gasteiger partial charge in [0.2, 0.25) is 18.4 Å². The number of carbonyl (C=O) groups excluding carboxylic acids is 2. The van der Waals surface area contributed by atoms with Gasteiger partial charge in [-0.2, -0.15) is 11.3 Å². The highest BCUT2D eigenvalue weighted by Crippen LogP contribution is 2.50. The second kappa shape index (κ2) is 9.16. The van der Waals surface area contributed by atoms with E-state index in [0.717, 1.165) is 18.4 Å². The molecular formula is C20H17ClN2O9S2. The first-order valence-corrected chi connectivity index (χ1v) is 12.3. The summed E-state index contributed by atoms with van der Waals surface area (Å²) in [6.07, 6.45) is 0. The molecule has 4 rings (SSSR count). The summed E-state index contributed by atoms with van der Waals surface area (Å²) in [5, 5.41) is 6.63. The van der Waals surface area contributed by atoms with Gasteiger partial charge in [-0.1, -0.05) is 16.8 Å². The Morgan fingerprint density at radius 2 is 2.06 bits per heavy atom. The molecule has 1 aromatic carbocycles. The van der Waals surface area contributed by atoms with Crippen LogP contribution >= 0.6 is 22.9 Å². The number of hydrogen-bond donors (Lipinski definition) is 1. The van der Waals surface area contributed by atoms with Gasteiger partial charge < -0.3 is 23.5 Å². The molecule has 11 nitrogen and oxygen atoms in total. The van der Waals surface area contributed by atoms with Crippen LogP contribution in [0.1, 0.15) is 33.3 Å². The molecule has 0 saturated heterocycles. The molecule has 3 aromatic rings. The van der Waals surface area contributed by atoms with Crippen molar-refractivity contribution in [3.8, 4) is 17.2 Å². The Balaban J connectivity index is 1.96. The zero-order valence-corrected chi connectivity index (χ0v) is 20.3. The number of aryl methyl sites for hydroxylation is 1. The summed E-state index contributed by atoms with van der Waals surface area (Å²) in [7, 11) is -1.83. The number of halogens is 1. The van der Waals surface area contributed by atoms with Crippen LogP contribution in [0.3, 0.4) is 0 Å². The number of amides is 1. The second-order valence-electron chi connectivity index (χ2n) is 6.90. The third kappa shape index (κ3) is 4.06. The number of nitrogens with zero attached hydrogens (tertiary/aromatic N) is 1. The first-order valence-electron chi connectivity index (χ1n) is 9.48. The minimum atomic E-state index is -4.26. The molecule has 180 valence electrons. The van der Waals surface area contributed by atoms with Gasteiger partial charge >= 0.3 is 5.97 Å². The molecule has 0 bridgehead atoms. The van der Waals surface area contributed by atoms with E-state index in [2.05, 4.69) is 5.16 Å². The molecule has 14 heteroatoms. The van der Waals surface area contributed by atoms with Gasteiger partial charge in [0, 0.05) is 10.9 Å². The van der Waals surface area contributed by atoms with E-state index in [1.807, 2.05) is 4.72 Å². The van der Waals surface area contributed by atoms with Gasteiger partial charge in [0.1, 0.15) is 10.9 Å². The molecule has 1 N–H and O–H groups in total. The van der Waals surface area contributed by atoms with Crippen molar-refractivity contribution in [2.24, 2.45) is 0 Å². The second-order valence-corrected chi connectivity index (χ2v) is 9.74. The van der Waals surface area contributed by atoms with E-state index in [1.165, 1.54) is 31.5 Å². The molecule has 1 aliphatic rings. The van der Waals surface area contributed by atoms with Crippen molar-refractivity contribution >= 4 is 44.8 Å². The monoisotopic (exact) mass is 528 g/mol. The molecule has 1 atom stereocenters. The molecule has 0 saturated carbocycles. The van der Waals surface area contributed by atoms with Crippen LogP contribution in [-0.2, 0) is 19.6 Å². The Morgan fingerprint density at radius 1 is 1.29 bits per heavy atom. The average molecular weight is 529 g/mol. The Labute approximate surface area is 202 Å². The van der Waals surface area contributed by atoms with E-state index in [0.29, 0.717) is 0 Å². The Hall–Kier alpha value is -3.29. The number of ether oxygens (including phenoxy) is 4. The van der Waals surface area contributed by atoms with Crippen LogP contribution in [0.15, 0.2) is 32.3 Å². The maximum absolute atomic E-state index is 13.5. The quantitative estimate of drug-likeness (QED) is 0.454. The van der Waals surface area contributed by atoms with E-state index in [4.69, 9.17) is 35.1 Å². The third-order valence-electron chi connectivity index (χ3n) is 4.94. The zero-order valence-electron chi connectivity index (χ0n) is 17.9. The van der Waals surface area contributed by atoms with Crippen molar-refractivity contribution in [1.29, 1.82) is 0 Å². The van der Waals surface area contributed by atoms with Crippen LogP contribution in [-0.4, -0.2) is 46.5 Å². The van der Waals surface area contributed by atoms with Crippen molar-refractivity contribution < 1.29 is 41.5 Å². The number of nitrogens with one attached hydrogen (secondary N) is 1. The van der Waals surface area contributed by atoms with Crippen LogP contribution in [0, 0.1) is 6.92 Å². The predicted molar refractivity (Wildman–Crippen MR) is 118 cm³/mol. The first-order chi connectivity index (χ1) is 16.2. The minimum Gasteiger partial charge on any atom is -0.492 e. The van der Waals surface area contributed by atoms with Gasteiger partial charge in [-0.15, -0.1) is 0 Å². The lowest BCUT2D eigenvalue weighted by Gasteiger charge is -2.21. The lowest BCUT2D eigenvalue weighted by molar-refractivity contribution is -0.120. The van der Waals surface area contributed by atoms with E-state index in [1.54, 1.807) is 5.38 Å². The summed E-state index contributed by atoms with van der Waals surface area (Å²) in [6.45, 7) is 1.37. The third-order valence-corrected chi connectivity index (χ3v) is 7.57. The number of hydrogen-bond acceptors (Lipinski definition) is 11. The Morgan fingerprint density at radius 3 is 2.65 bits per heavy atom. The molecule has 0 aliphatic carbocycles. The van der Waals surface area contributed by atoms with Gasteiger partial charge in [-0.25, -0.2) is 17.9 Å². The molecule has 3 heterocycles. The SMILES string of the molecule is COC(=O)c1cc2c(c(OC)c1C(C(=O)NS(=O)(=O)c1ccsc1)c1onc(C)c1Cl)OCO2. The molecule has 0 fully saturated rings. The largest absolute Gasteiger partial charge is 0.492 e. The van der Waals surface area contributed by atoms with Gasteiger partial charge in [0.25, 0.3) is 10.0 Å². The number of methoxy groups -OCH3 is 2. The summed E-state index contributed by atoms with van der Waals surface area (Å²) in [6, 6.07) is 2.64. The first kappa shape index (κ1) is 23.9. The number of fused-ring (bicyclic) bond motifs is 1. The van der Waals surface area contributed by atoms with Crippen molar-refractivity contribution in [1.82, 2.24) is 9.88 Å². The molecule has 1 aliphatic heterocycles. The normalized spacial score (nSPS) is 13.4. The molecule has 2 aromatic heterocycles. The van der Waals surface area contributed by atoms with Crippen molar-refractivity contribution in [3.05, 3.63) is 50.5 Å². The van der Waals surface area contributed by atoms with Crippen LogP contribution in [0.4, 0.5) is 0 Å². The molecule has 1 unspecified atom stereocenters. The maximum Gasteiger partial charge on any atom is 0.338 e. The standard InChI is InChI=1S/C20H17ClN2O9S2/c1-9-15(21)17(32-22-9)14(19(24)23-34(26,27)10-4-5-33-7-10)13-11(20(25)29-3)6-12-16(18(13)28-2)31-8-30-12/h4-7,14H,8H2,1-3H3,(H,23,24). The number of sulfonamides is 1. The number of rotatable bonds is 7. The minimum absolute atomic E-state index is 0.0383. The number of thiophene rings is 1. The number of carbonyl (C=O) groups is 2. The molecule has 34 heavy (non-hydrogen) atoms. The fourth-order valence-electron chi connectivity index (χ4n) is 3.39. The Bertz CT molecular complexity index is 1370. The van der Waals surface area contributed by atoms with Crippen LogP contribution in [0.25, 0.3) is 0 Å². The lowest BCUT2D eigenvalue weighted by atomic mass is 9.89. The highest BCUT2D eigenvalue weighted by molar-refractivity contribution is 7.90. The highest BCUT2D eigenvalue weighted by atomic mass is 35.5. The van der Waals surface area contributed by atoms with E-state index in [-0.39, 0.29) is 56.5 Å². The van der Waals surface area contributed by atoms with Crippen LogP contribution in [0.2, 0.25) is 5.02 Å². The number of benzene rings is 1. The molecule has 0 spiro atoms. The van der Waals surface area contributed by atoms with E-state index in [9.17, 15) is 18.0 Å². The van der Waals surface area contributed by atoms with Crippen molar-refractivity contribution in [2.75, 3.05) is 21.0 Å². The van der Waals surface area contributed by atoms with Crippen molar-refractivity contribution in [3.63, 3.8) is 0 Å². The summed E-state index contributed by atoms with van der Waals surface area (Å²) in [5.41, 5.74) is -0.00837. The smallest absolute Gasteiger partial charge is 0.338 e. The topological polar surface area (TPSA) is 143 Å². The average Bonchev–Trinajstić information content (AvgIpc) is 3.56. The number of esters is 1. The highest BCUT2D eigenvalue weighted by Gasteiger charge is 2.41. The number of aromatic nitrogens is 1. The van der Waals surface area contributed by atoms with Crippen LogP contribution < -0.4 is 18.9 Å².